The van der Waals surface area contributed by atoms with Crippen LogP contribution in [0.2, 0.25) is 0 Å². The third kappa shape index (κ3) is 3.73. The van der Waals surface area contributed by atoms with Crippen LogP contribution in [0, 0.1) is 0 Å². The molecule has 0 aromatic carbocycles. The number of nitrogens with zero attached hydrogens (tertiary/aromatic N) is 3. The van der Waals surface area contributed by atoms with Crippen molar-refractivity contribution < 1.29 is 18.7 Å². The SMILES string of the molecule is CCOC(=O)c1nnc(SC(C)C(=O)N(C)C)o1. The van der Waals surface area contributed by atoms with Crippen LogP contribution in [0.4, 0.5) is 0 Å². The van der Waals surface area contributed by atoms with Gasteiger partial charge in [0.1, 0.15) is 0 Å². The predicted octanol–water partition coefficient (Wildman–Crippen LogP) is 0.815. The fraction of sp³-hybridized carbons (Fsp3) is 0.600. The van der Waals surface area contributed by atoms with Gasteiger partial charge in [0, 0.05) is 14.1 Å². The number of hydrogen-bond donors (Lipinski definition) is 0. The maximum Gasteiger partial charge on any atom is 0.396 e. The van der Waals surface area contributed by atoms with Gasteiger partial charge in [-0.25, -0.2) is 4.79 Å². The van der Waals surface area contributed by atoms with E-state index in [2.05, 4.69) is 10.2 Å². The molecule has 0 aliphatic heterocycles. The number of aromatic nitrogens is 2. The summed E-state index contributed by atoms with van der Waals surface area (Å²) in [7, 11) is 3.33. The van der Waals surface area contributed by atoms with E-state index < -0.39 is 5.97 Å². The molecule has 0 saturated carbocycles. The van der Waals surface area contributed by atoms with Crippen LogP contribution in [-0.4, -0.2) is 52.9 Å². The number of hydrogen-bond acceptors (Lipinski definition) is 7. The first kappa shape index (κ1) is 14.5. The molecule has 1 heterocycles. The number of esters is 1. The lowest BCUT2D eigenvalue weighted by molar-refractivity contribution is -0.127. The molecule has 1 amide bonds. The quantitative estimate of drug-likeness (QED) is 0.579. The van der Waals surface area contributed by atoms with Gasteiger partial charge in [-0.1, -0.05) is 16.9 Å². The molecule has 7 nitrogen and oxygen atoms in total. The summed E-state index contributed by atoms with van der Waals surface area (Å²) >= 11 is 1.10. The second kappa shape index (κ2) is 6.39. The van der Waals surface area contributed by atoms with Crippen LogP contribution in [-0.2, 0) is 9.53 Å². The zero-order valence-electron chi connectivity index (χ0n) is 10.7. The molecule has 100 valence electrons. The summed E-state index contributed by atoms with van der Waals surface area (Å²) in [6.45, 7) is 3.64. The fourth-order valence-corrected chi connectivity index (χ4v) is 1.93. The van der Waals surface area contributed by atoms with Crippen molar-refractivity contribution in [2.24, 2.45) is 0 Å². The minimum Gasteiger partial charge on any atom is -0.459 e. The summed E-state index contributed by atoms with van der Waals surface area (Å²) in [5.74, 6) is -0.942. The Morgan fingerprint density at radius 2 is 2.11 bits per heavy atom. The Morgan fingerprint density at radius 1 is 1.44 bits per heavy atom. The topological polar surface area (TPSA) is 85.5 Å². The highest BCUT2D eigenvalue weighted by Crippen LogP contribution is 2.22. The van der Waals surface area contributed by atoms with Crippen molar-refractivity contribution in [3.8, 4) is 0 Å². The molecule has 0 N–H and O–H groups in total. The van der Waals surface area contributed by atoms with E-state index in [4.69, 9.17) is 9.15 Å². The molecule has 0 fully saturated rings. The van der Waals surface area contributed by atoms with Crippen molar-refractivity contribution in [1.82, 2.24) is 15.1 Å². The number of amides is 1. The van der Waals surface area contributed by atoms with Crippen LogP contribution in [0.1, 0.15) is 24.5 Å². The Bertz CT molecular complexity index is 433. The molecule has 8 heteroatoms. The van der Waals surface area contributed by atoms with E-state index in [1.165, 1.54) is 4.90 Å². The van der Waals surface area contributed by atoms with Crippen LogP contribution >= 0.6 is 11.8 Å². The molecule has 0 saturated heterocycles. The monoisotopic (exact) mass is 273 g/mol. The van der Waals surface area contributed by atoms with E-state index in [9.17, 15) is 9.59 Å². The highest BCUT2D eigenvalue weighted by Gasteiger charge is 2.21. The van der Waals surface area contributed by atoms with Crippen LogP contribution in [0.25, 0.3) is 0 Å². The van der Waals surface area contributed by atoms with Crippen molar-refractivity contribution in [2.45, 2.75) is 24.3 Å². The molecule has 0 bridgehead atoms. The van der Waals surface area contributed by atoms with Crippen molar-refractivity contribution in [3.63, 3.8) is 0 Å². The van der Waals surface area contributed by atoms with Gasteiger partial charge in [-0.05, 0) is 13.8 Å². The average molecular weight is 273 g/mol. The Hall–Kier alpha value is -1.57. The average Bonchev–Trinajstić information content (AvgIpc) is 2.76. The molecule has 1 aromatic rings. The van der Waals surface area contributed by atoms with Gasteiger partial charge >= 0.3 is 11.9 Å². The van der Waals surface area contributed by atoms with Gasteiger partial charge in [-0.2, -0.15) is 0 Å². The van der Waals surface area contributed by atoms with Crippen LogP contribution in [0.3, 0.4) is 0 Å². The van der Waals surface area contributed by atoms with Gasteiger partial charge in [0.15, 0.2) is 0 Å². The van der Waals surface area contributed by atoms with E-state index in [1.54, 1.807) is 27.9 Å². The normalized spacial score (nSPS) is 12.0. The summed E-state index contributed by atoms with van der Waals surface area (Å²) in [6, 6.07) is 0. The molecule has 0 radical (unpaired) electrons. The number of rotatable bonds is 5. The first-order valence-corrected chi connectivity index (χ1v) is 6.22. The minimum atomic E-state index is -0.663. The smallest absolute Gasteiger partial charge is 0.396 e. The highest BCUT2D eigenvalue weighted by atomic mass is 32.2. The van der Waals surface area contributed by atoms with E-state index in [0.717, 1.165) is 11.8 Å². The Kier molecular flexibility index (Phi) is 5.14. The lowest BCUT2D eigenvalue weighted by atomic mass is 10.4. The summed E-state index contributed by atoms with van der Waals surface area (Å²) in [4.78, 5) is 24.4. The largest absolute Gasteiger partial charge is 0.459 e. The van der Waals surface area contributed by atoms with Crippen LogP contribution in [0.5, 0.6) is 0 Å². The molecular weight excluding hydrogens is 258 g/mol. The molecule has 1 rings (SSSR count). The van der Waals surface area contributed by atoms with E-state index in [-0.39, 0.29) is 28.9 Å². The zero-order chi connectivity index (χ0) is 13.7. The molecule has 1 aromatic heterocycles. The Labute approximate surface area is 109 Å². The van der Waals surface area contributed by atoms with Crippen molar-refractivity contribution in [2.75, 3.05) is 20.7 Å². The first-order valence-electron chi connectivity index (χ1n) is 5.34. The summed E-state index contributed by atoms with van der Waals surface area (Å²) in [5, 5.41) is 7.03. The van der Waals surface area contributed by atoms with E-state index >= 15 is 0 Å². The molecule has 0 aliphatic carbocycles. The van der Waals surface area contributed by atoms with E-state index in [0.29, 0.717) is 0 Å². The molecular formula is C10H15N3O4S. The van der Waals surface area contributed by atoms with Gasteiger partial charge < -0.3 is 14.1 Å². The maximum atomic E-state index is 11.6. The third-order valence-corrected chi connectivity index (χ3v) is 2.84. The van der Waals surface area contributed by atoms with Gasteiger partial charge in [0.05, 0.1) is 11.9 Å². The number of ether oxygens (including phenoxy) is 1. The van der Waals surface area contributed by atoms with E-state index in [1.807, 2.05) is 0 Å². The first-order chi connectivity index (χ1) is 8.45. The molecule has 18 heavy (non-hydrogen) atoms. The second-order valence-corrected chi connectivity index (χ2v) is 4.88. The summed E-state index contributed by atoms with van der Waals surface area (Å²) in [5.41, 5.74) is 0. The zero-order valence-corrected chi connectivity index (χ0v) is 11.5. The summed E-state index contributed by atoms with van der Waals surface area (Å²) < 4.78 is 9.81. The third-order valence-electron chi connectivity index (χ3n) is 1.92. The number of carbonyl (C=O) groups is 2. The van der Waals surface area contributed by atoms with Gasteiger partial charge in [-0.15, -0.1) is 5.10 Å². The highest BCUT2D eigenvalue weighted by molar-refractivity contribution is 8.00. The van der Waals surface area contributed by atoms with Gasteiger partial charge in [-0.3, -0.25) is 4.79 Å². The minimum absolute atomic E-state index is 0.0733. The van der Waals surface area contributed by atoms with Crippen molar-refractivity contribution >= 4 is 23.6 Å². The lowest BCUT2D eigenvalue weighted by Gasteiger charge is -2.14. The summed E-state index contributed by atoms with van der Waals surface area (Å²) in [6.07, 6.45) is 0. The van der Waals surface area contributed by atoms with Crippen molar-refractivity contribution in [3.05, 3.63) is 5.89 Å². The predicted molar refractivity (Wildman–Crippen MR) is 64.3 cm³/mol. The number of thioether (sulfide) groups is 1. The van der Waals surface area contributed by atoms with Gasteiger partial charge in [0.2, 0.25) is 5.91 Å². The molecule has 0 spiro atoms. The fourth-order valence-electron chi connectivity index (χ4n) is 1.10. The van der Waals surface area contributed by atoms with Crippen LogP contribution < -0.4 is 0 Å². The Morgan fingerprint density at radius 3 is 2.67 bits per heavy atom. The lowest BCUT2D eigenvalue weighted by Crippen LogP contribution is -2.29. The maximum absolute atomic E-state index is 11.6. The molecule has 0 aliphatic rings. The Balaban J connectivity index is 2.64. The van der Waals surface area contributed by atoms with Crippen molar-refractivity contribution in [1.29, 1.82) is 0 Å². The standard InChI is InChI=1S/C10H15N3O4S/c1-5-16-9(15)7-11-12-10(17-7)18-6(2)8(14)13(3)4/h6H,5H2,1-4H3. The van der Waals surface area contributed by atoms with Crippen LogP contribution in [0.15, 0.2) is 9.64 Å². The van der Waals surface area contributed by atoms with Gasteiger partial charge in [0.25, 0.3) is 5.22 Å². The second-order valence-electron chi connectivity index (χ2n) is 3.59. The molecule has 1 unspecified atom stereocenters. The number of carbonyl (C=O) groups excluding carboxylic acids is 2. The molecule has 1 atom stereocenters.